The molecule has 0 N–H and O–H groups in total. The van der Waals surface area contributed by atoms with Crippen LogP contribution in [0.5, 0.6) is 0 Å². The Balaban J connectivity index is 1.79. The summed E-state index contributed by atoms with van der Waals surface area (Å²) < 4.78 is 45.5. The van der Waals surface area contributed by atoms with Crippen LogP contribution in [0.4, 0.5) is 18.9 Å². The van der Waals surface area contributed by atoms with Gasteiger partial charge in [0.05, 0.1) is 23.9 Å². The standard InChI is InChI=1S/C24H20F3N3O4/c1-14-12-20(31)21(28-30(14)16-7-3-6-15(13-16)24(25,26)27)22(32)29-11-5-9-17-18(23(33)34-2)8-4-10-19(17)29/h3-4,6-8,10,12-13H,5,9,11H2,1-2H3. The van der Waals surface area contributed by atoms with Crippen molar-refractivity contribution in [1.82, 2.24) is 9.78 Å². The average Bonchev–Trinajstić information content (AvgIpc) is 2.82. The lowest BCUT2D eigenvalue weighted by Crippen LogP contribution is -2.40. The van der Waals surface area contributed by atoms with Gasteiger partial charge in [0, 0.05) is 24.0 Å². The molecule has 10 heteroatoms. The zero-order chi connectivity index (χ0) is 24.6. The third kappa shape index (κ3) is 4.18. The molecule has 7 nitrogen and oxygen atoms in total. The number of aromatic nitrogens is 2. The number of carbonyl (C=O) groups excluding carboxylic acids is 2. The monoisotopic (exact) mass is 471 g/mol. The highest BCUT2D eigenvalue weighted by molar-refractivity contribution is 6.06. The normalized spacial score (nSPS) is 13.4. The molecule has 0 radical (unpaired) electrons. The van der Waals surface area contributed by atoms with Crippen LogP contribution < -0.4 is 10.3 Å². The van der Waals surface area contributed by atoms with Gasteiger partial charge in [0.15, 0.2) is 5.69 Å². The van der Waals surface area contributed by atoms with E-state index in [0.29, 0.717) is 29.7 Å². The molecule has 0 saturated carbocycles. The van der Waals surface area contributed by atoms with E-state index in [9.17, 15) is 27.6 Å². The van der Waals surface area contributed by atoms with E-state index in [1.165, 1.54) is 31.1 Å². The summed E-state index contributed by atoms with van der Waals surface area (Å²) in [6.45, 7) is 1.80. The second-order valence-corrected chi connectivity index (χ2v) is 7.81. The molecular weight excluding hydrogens is 451 g/mol. The number of methoxy groups -OCH3 is 1. The van der Waals surface area contributed by atoms with Crippen molar-refractivity contribution in [1.29, 1.82) is 0 Å². The smallest absolute Gasteiger partial charge is 0.416 e. The molecule has 3 aromatic rings. The molecule has 0 fully saturated rings. The van der Waals surface area contributed by atoms with Gasteiger partial charge < -0.3 is 9.64 Å². The van der Waals surface area contributed by atoms with Crippen LogP contribution in [0, 0.1) is 6.92 Å². The molecule has 176 valence electrons. The summed E-state index contributed by atoms with van der Waals surface area (Å²) in [4.78, 5) is 39.6. The van der Waals surface area contributed by atoms with Crippen molar-refractivity contribution >= 4 is 17.6 Å². The van der Waals surface area contributed by atoms with E-state index in [-0.39, 0.29) is 17.9 Å². The molecule has 1 aliphatic heterocycles. The number of hydrogen-bond donors (Lipinski definition) is 0. The summed E-state index contributed by atoms with van der Waals surface area (Å²) in [5.41, 5.74) is -0.206. The zero-order valence-electron chi connectivity index (χ0n) is 18.3. The van der Waals surface area contributed by atoms with Crippen molar-refractivity contribution < 1.29 is 27.5 Å². The predicted molar refractivity (Wildman–Crippen MR) is 117 cm³/mol. The Kier molecular flexibility index (Phi) is 5.99. The van der Waals surface area contributed by atoms with Gasteiger partial charge in [-0.1, -0.05) is 12.1 Å². The van der Waals surface area contributed by atoms with Gasteiger partial charge in [-0.25, -0.2) is 9.48 Å². The van der Waals surface area contributed by atoms with Crippen molar-refractivity contribution in [2.45, 2.75) is 25.9 Å². The van der Waals surface area contributed by atoms with Gasteiger partial charge in [-0.3, -0.25) is 9.59 Å². The molecule has 0 unspecified atom stereocenters. The maximum absolute atomic E-state index is 13.4. The molecule has 34 heavy (non-hydrogen) atoms. The zero-order valence-corrected chi connectivity index (χ0v) is 18.3. The summed E-state index contributed by atoms with van der Waals surface area (Å²) in [6.07, 6.45) is -3.48. The van der Waals surface area contributed by atoms with E-state index in [0.717, 1.165) is 22.9 Å². The van der Waals surface area contributed by atoms with Crippen LogP contribution >= 0.6 is 0 Å². The average molecular weight is 471 g/mol. The number of benzene rings is 2. The predicted octanol–water partition coefficient (Wildman–Crippen LogP) is 3.94. The number of esters is 1. The Morgan fingerprint density at radius 3 is 2.53 bits per heavy atom. The first-order valence-electron chi connectivity index (χ1n) is 10.4. The highest BCUT2D eigenvalue weighted by Crippen LogP contribution is 2.32. The number of halogens is 3. The first-order chi connectivity index (χ1) is 16.1. The summed E-state index contributed by atoms with van der Waals surface area (Å²) >= 11 is 0. The third-order valence-corrected chi connectivity index (χ3v) is 5.63. The molecule has 2 aromatic carbocycles. The van der Waals surface area contributed by atoms with Crippen molar-refractivity contribution in [2.75, 3.05) is 18.6 Å². The molecule has 1 aromatic heterocycles. The molecule has 2 heterocycles. The summed E-state index contributed by atoms with van der Waals surface area (Å²) in [5, 5.41) is 4.14. The summed E-state index contributed by atoms with van der Waals surface area (Å²) in [5.74, 6) is -1.24. The van der Waals surface area contributed by atoms with Gasteiger partial charge in [-0.15, -0.1) is 0 Å². The van der Waals surface area contributed by atoms with Crippen LogP contribution in [-0.4, -0.2) is 35.3 Å². The fourth-order valence-electron chi connectivity index (χ4n) is 4.04. The quantitative estimate of drug-likeness (QED) is 0.541. The van der Waals surface area contributed by atoms with E-state index in [2.05, 4.69) is 5.10 Å². The van der Waals surface area contributed by atoms with Gasteiger partial charge in [0.2, 0.25) is 5.43 Å². The van der Waals surface area contributed by atoms with Crippen molar-refractivity contribution in [3.05, 3.63) is 86.8 Å². The molecule has 1 aliphatic rings. The summed E-state index contributed by atoms with van der Waals surface area (Å²) in [7, 11) is 1.26. The van der Waals surface area contributed by atoms with Crippen LogP contribution in [0.3, 0.4) is 0 Å². The highest BCUT2D eigenvalue weighted by atomic mass is 19.4. The van der Waals surface area contributed by atoms with Crippen LogP contribution in [0.15, 0.2) is 53.3 Å². The number of aryl methyl sites for hydroxylation is 1. The lowest BCUT2D eigenvalue weighted by molar-refractivity contribution is -0.137. The minimum atomic E-state index is -4.56. The van der Waals surface area contributed by atoms with Gasteiger partial charge in [-0.05, 0) is 55.7 Å². The number of anilines is 1. The summed E-state index contributed by atoms with van der Waals surface area (Å²) in [6, 6.07) is 10.5. The first-order valence-corrected chi connectivity index (χ1v) is 10.4. The third-order valence-electron chi connectivity index (χ3n) is 5.63. The second kappa shape index (κ2) is 8.77. The van der Waals surface area contributed by atoms with Crippen LogP contribution in [0.1, 0.15) is 44.1 Å². The van der Waals surface area contributed by atoms with E-state index in [1.807, 2.05) is 0 Å². The maximum atomic E-state index is 13.4. The lowest BCUT2D eigenvalue weighted by Gasteiger charge is -2.30. The number of fused-ring (bicyclic) bond motifs is 1. The molecule has 0 spiro atoms. The van der Waals surface area contributed by atoms with Crippen molar-refractivity contribution in [3.8, 4) is 5.69 Å². The molecular formula is C24H20F3N3O4. The molecule has 0 atom stereocenters. The fourth-order valence-corrected chi connectivity index (χ4v) is 4.04. The van der Waals surface area contributed by atoms with E-state index >= 15 is 0 Å². The van der Waals surface area contributed by atoms with Gasteiger partial charge in [0.25, 0.3) is 5.91 Å². The Bertz CT molecular complexity index is 1350. The number of nitrogens with zero attached hydrogens (tertiary/aromatic N) is 3. The Morgan fingerprint density at radius 2 is 1.82 bits per heavy atom. The number of alkyl halides is 3. The second-order valence-electron chi connectivity index (χ2n) is 7.81. The van der Waals surface area contributed by atoms with E-state index in [4.69, 9.17) is 4.74 Å². The van der Waals surface area contributed by atoms with Crippen molar-refractivity contribution in [2.24, 2.45) is 0 Å². The van der Waals surface area contributed by atoms with Crippen LogP contribution in [0.25, 0.3) is 5.69 Å². The Hall–Kier alpha value is -3.95. The number of rotatable bonds is 3. The highest BCUT2D eigenvalue weighted by Gasteiger charge is 2.32. The van der Waals surface area contributed by atoms with E-state index < -0.39 is 34.7 Å². The SMILES string of the molecule is COC(=O)c1cccc2c1CCCN2C(=O)c1nn(-c2cccc(C(F)(F)F)c2)c(C)cc1=O. The Labute approximate surface area is 192 Å². The molecule has 4 rings (SSSR count). The van der Waals surface area contributed by atoms with Gasteiger partial charge >= 0.3 is 12.1 Å². The van der Waals surface area contributed by atoms with Crippen molar-refractivity contribution in [3.63, 3.8) is 0 Å². The topological polar surface area (TPSA) is 81.5 Å². The molecule has 0 aliphatic carbocycles. The first kappa shape index (κ1) is 23.2. The molecule has 0 bridgehead atoms. The Morgan fingerprint density at radius 1 is 1.09 bits per heavy atom. The maximum Gasteiger partial charge on any atom is 0.416 e. The number of ether oxygens (including phenoxy) is 1. The largest absolute Gasteiger partial charge is 0.465 e. The molecule has 0 saturated heterocycles. The molecule has 1 amide bonds. The number of carbonyl (C=O) groups is 2. The fraction of sp³-hybridized carbons (Fsp3) is 0.250. The minimum absolute atomic E-state index is 0.0633. The van der Waals surface area contributed by atoms with E-state index in [1.54, 1.807) is 18.2 Å². The number of hydrogen-bond acceptors (Lipinski definition) is 5. The van der Waals surface area contributed by atoms with Gasteiger partial charge in [-0.2, -0.15) is 18.3 Å². The number of amides is 1. The minimum Gasteiger partial charge on any atom is -0.465 e. The van der Waals surface area contributed by atoms with Crippen LogP contribution in [0.2, 0.25) is 0 Å². The van der Waals surface area contributed by atoms with Gasteiger partial charge in [0.1, 0.15) is 0 Å². The lowest BCUT2D eigenvalue weighted by atomic mass is 9.96. The van der Waals surface area contributed by atoms with Crippen LogP contribution in [-0.2, 0) is 17.3 Å².